The van der Waals surface area contributed by atoms with Gasteiger partial charge in [-0.3, -0.25) is 10.1 Å². The number of esters is 1. The van der Waals surface area contributed by atoms with Crippen molar-refractivity contribution in [2.75, 3.05) is 6.61 Å². The lowest BCUT2D eigenvalue weighted by Crippen LogP contribution is -2.09. The third kappa shape index (κ3) is 3.69. The molecule has 3 rings (SSSR count). The lowest BCUT2D eigenvalue weighted by Gasteiger charge is -2.08. The highest BCUT2D eigenvalue weighted by Crippen LogP contribution is 2.34. The van der Waals surface area contributed by atoms with E-state index in [1.807, 2.05) is 6.92 Å². The fraction of sp³-hybridized carbons (Fsp3) is 0.111. The number of nitro benzene ring substituents is 1. The number of nitro groups is 1. The maximum atomic E-state index is 11.9. The van der Waals surface area contributed by atoms with Gasteiger partial charge >= 0.3 is 5.97 Å². The second-order valence-electron chi connectivity index (χ2n) is 5.24. The molecule has 0 radical (unpaired) electrons. The van der Waals surface area contributed by atoms with Gasteiger partial charge in [0.25, 0.3) is 5.69 Å². The van der Waals surface area contributed by atoms with Crippen molar-refractivity contribution in [3.8, 4) is 22.6 Å². The minimum absolute atomic E-state index is 0.0689. The van der Waals surface area contributed by atoms with E-state index in [0.717, 1.165) is 0 Å². The van der Waals surface area contributed by atoms with Gasteiger partial charge in [-0.05, 0) is 36.8 Å². The van der Waals surface area contributed by atoms with Gasteiger partial charge in [-0.2, -0.15) is 0 Å². The van der Waals surface area contributed by atoms with Crippen LogP contribution in [0.25, 0.3) is 11.1 Å². The first kappa shape index (κ1) is 17.2. The fourth-order valence-electron chi connectivity index (χ4n) is 2.40. The van der Waals surface area contributed by atoms with Crippen LogP contribution < -0.4 is 9.47 Å². The zero-order valence-corrected chi connectivity index (χ0v) is 13.8. The Morgan fingerprint density at radius 1 is 1.19 bits per heavy atom. The van der Waals surface area contributed by atoms with Gasteiger partial charge in [-0.15, -0.1) is 0 Å². The van der Waals surface area contributed by atoms with Gasteiger partial charge in [0.1, 0.15) is 11.5 Å². The summed E-state index contributed by atoms with van der Waals surface area (Å²) in [6.07, 6.45) is 2.72. The van der Waals surface area contributed by atoms with Crippen LogP contribution >= 0.6 is 0 Å². The molecule has 0 unspecified atom stereocenters. The molecule has 0 spiro atoms. The molecule has 8 heteroatoms. The Morgan fingerprint density at radius 2 is 1.92 bits per heavy atom. The fourth-order valence-corrected chi connectivity index (χ4v) is 2.40. The maximum Gasteiger partial charge on any atom is 0.363 e. The lowest BCUT2D eigenvalue weighted by atomic mass is 10.0. The third-order valence-electron chi connectivity index (χ3n) is 3.56. The Labute approximate surface area is 148 Å². The number of aromatic amines is 1. The average molecular weight is 353 g/mol. The number of nitrogens with zero attached hydrogens (tertiary/aromatic N) is 2. The van der Waals surface area contributed by atoms with E-state index in [1.54, 1.807) is 30.3 Å². The smallest absolute Gasteiger partial charge is 0.363 e. The van der Waals surface area contributed by atoms with Crippen molar-refractivity contribution < 1.29 is 19.2 Å². The van der Waals surface area contributed by atoms with Gasteiger partial charge in [-0.25, -0.2) is 9.78 Å². The number of ether oxygens (including phenoxy) is 2. The van der Waals surface area contributed by atoms with Gasteiger partial charge in [0.2, 0.25) is 0 Å². The van der Waals surface area contributed by atoms with E-state index in [0.29, 0.717) is 23.5 Å². The number of hydrogen-bond donors (Lipinski definition) is 1. The summed E-state index contributed by atoms with van der Waals surface area (Å²) in [4.78, 5) is 29.3. The van der Waals surface area contributed by atoms with E-state index in [-0.39, 0.29) is 17.1 Å². The van der Waals surface area contributed by atoms with Crippen molar-refractivity contribution in [3.63, 3.8) is 0 Å². The molecule has 1 aromatic heterocycles. The predicted octanol–water partition coefficient (Wildman–Crippen LogP) is 3.60. The average Bonchev–Trinajstić information content (AvgIpc) is 3.17. The molecule has 1 N–H and O–H groups in total. The summed E-state index contributed by atoms with van der Waals surface area (Å²) in [6, 6.07) is 11.2. The summed E-state index contributed by atoms with van der Waals surface area (Å²) in [7, 11) is 0. The number of hydrogen-bond acceptors (Lipinski definition) is 6. The summed E-state index contributed by atoms with van der Waals surface area (Å²) in [6.45, 7) is 2.41. The Bertz CT molecular complexity index is 921. The van der Waals surface area contributed by atoms with Crippen LogP contribution in [0.15, 0.2) is 55.0 Å². The number of H-pyrrole nitrogens is 1. The molecule has 0 bridgehead atoms. The monoisotopic (exact) mass is 353 g/mol. The number of imidazole rings is 1. The van der Waals surface area contributed by atoms with Crippen molar-refractivity contribution in [1.82, 2.24) is 9.97 Å². The lowest BCUT2D eigenvalue weighted by molar-refractivity contribution is -0.384. The maximum absolute atomic E-state index is 11.9. The van der Waals surface area contributed by atoms with E-state index in [4.69, 9.17) is 9.47 Å². The molecule has 132 valence electrons. The predicted molar refractivity (Wildman–Crippen MR) is 93.2 cm³/mol. The summed E-state index contributed by atoms with van der Waals surface area (Å²) in [5.41, 5.74) is 0.993. The Morgan fingerprint density at radius 3 is 2.54 bits per heavy atom. The van der Waals surface area contributed by atoms with Crippen molar-refractivity contribution in [3.05, 3.63) is 70.8 Å². The van der Waals surface area contributed by atoms with E-state index >= 15 is 0 Å². The number of benzene rings is 2. The largest absolute Gasteiger partial charge is 0.494 e. The summed E-state index contributed by atoms with van der Waals surface area (Å²) < 4.78 is 10.5. The second kappa shape index (κ2) is 7.47. The molecular weight excluding hydrogens is 338 g/mol. The highest BCUT2D eigenvalue weighted by Gasteiger charge is 2.19. The van der Waals surface area contributed by atoms with Crippen LogP contribution in [0, 0.1) is 10.1 Å². The van der Waals surface area contributed by atoms with Gasteiger partial charge in [0.15, 0.2) is 5.69 Å². The molecule has 2 aromatic carbocycles. The molecular formula is C18H15N3O5. The van der Waals surface area contributed by atoms with Crippen LogP contribution in [0.2, 0.25) is 0 Å². The number of nitrogens with one attached hydrogen (secondary N) is 1. The van der Waals surface area contributed by atoms with Crippen molar-refractivity contribution >= 4 is 11.7 Å². The number of carbonyl (C=O) groups excluding carboxylic acids is 1. The zero-order valence-electron chi connectivity index (χ0n) is 13.8. The molecule has 26 heavy (non-hydrogen) atoms. The Hall–Kier alpha value is -3.68. The molecule has 3 aromatic rings. The molecule has 1 heterocycles. The zero-order chi connectivity index (χ0) is 18.5. The second-order valence-corrected chi connectivity index (χ2v) is 5.24. The molecule has 0 fully saturated rings. The molecule has 0 saturated heterocycles. The van der Waals surface area contributed by atoms with E-state index in [9.17, 15) is 14.9 Å². The van der Waals surface area contributed by atoms with E-state index < -0.39 is 10.9 Å². The number of aromatic nitrogens is 2. The first-order valence-electron chi connectivity index (χ1n) is 7.81. The van der Waals surface area contributed by atoms with Gasteiger partial charge < -0.3 is 14.5 Å². The van der Waals surface area contributed by atoms with Crippen LogP contribution in [0.4, 0.5) is 5.69 Å². The molecule has 8 nitrogen and oxygen atoms in total. The van der Waals surface area contributed by atoms with Crippen molar-refractivity contribution in [2.24, 2.45) is 0 Å². The summed E-state index contributed by atoms with van der Waals surface area (Å²) in [5.74, 6) is 0.0530. The van der Waals surface area contributed by atoms with Crippen LogP contribution in [-0.2, 0) is 0 Å². The third-order valence-corrected chi connectivity index (χ3v) is 3.56. The minimum atomic E-state index is -0.700. The number of carbonyl (C=O) groups is 1. The SMILES string of the molecule is CCOc1ccc(-c2ccc(OC(=O)c3c[nH]cn3)cc2[N+](=O)[O-])cc1. The van der Waals surface area contributed by atoms with Gasteiger partial charge in [0, 0.05) is 6.20 Å². The molecule has 0 aliphatic heterocycles. The Balaban J connectivity index is 1.89. The van der Waals surface area contributed by atoms with E-state index in [1.165, 1.54) is 24.7 Å². The molecule has 0 saturated carbocycles. The first-order chi connectivity index (χ1) is 12.6. The quantitative estimate of drug-likeness (QED) is 0.314. The van der Waals surface area contributed by atoms with Crippen LogP contribution in [0.5, 0.6) is 11.5 Å². The van der Waals surface area contributed by atoms with Crippen molar-refractivity contribution in [2.45, 2.75) is 6.92 Å². The first-order valence-corrected chi connectivity index (χ1v) is 7.81. The highest BCUT2D eigenvalue weighted by molar-refractivity contribution is 5.89. The number of rotatable bonds is 6. The molecule has 0 atom stereocenters. The van der Waals surface area contributed by atoms with Crippen LogP contribution in [-0.4, -0.2) is 27.5 Å². The van der Waals surface area contributed by atoms with Gasteiger partial charge in [-0.1, -0.05) is 12.1 Å². The Kier molecular flexibility index (Phi) is 4.93. The van der Waals surface area contributed by atoms with Gasteiger partial charge in [0.05, 0.1) is 29.5 Å². The summed E-state index contributed by atoms with van der Waals surface area (Å²) >= 11 is 0. The minimum Gasteiger partial charge on any atom is -0.494 e. The van der Waals surface area contributed by atoms with E-state index in [2.05, 4.69) is 9.97 Å². The van der Waals surface area contributed by atoms with Crippen molar-refractivity contribution in [1.29, 1.82) is 0 Å². The molecule has 0 aliphatic carbocycles. The van der Waals surface area contributed by atoms with Crippen LogP contribution in [0.1, 0.15) is 17.4 Å². The van der Waals surface area contributed by atoms with Crippen LogP contribution in [0.3, 0.4) is 0 Å². The normalized spacial score (nSPS) is 10.3. The topological polar surface area (TPSA) is 107 Å². The highest BCUT2D eigenvalue weighted by atomic mass is 16.6. The summed E-state index contributed by atoms with van der Waals surface area (Å²) in [5, 5.41) is 11.5. The molecule has 0 aliphatic rings. The standard InChI is InChI=1S/C18H15N3O5/c1-2-25-13-5-3-12(4-6-13)15-8-7-14(9-17(15)21(23)24)26-18(22)16-10-19-11-20-16/h3-11H,2H2,1H3,(H,19,20). The molecule has 0 amide bonds.